The molecule has 0 fully saturated rings. The number of nitrogens with one attached hydrogen (secondary N) is 2. The summed E-state index contributed by atoms with van der Waals surface area (Å²) in [4.78, 5) is 12.6. The van der Waals surface area contributed by atoms with Crippen LogP contribution in [0.2, 0.25) is 0 Å². The average Bonchev–Trinajstić information content (AvgIpc) is 2.80. The van der Waals surface area contributed by atoms with E-state index in [4.69, 9.17) is 15.2 Å². The molecular formula is C25H25N3O3. The Kier molecular flexibility index (Phi) is 7.02. The lowest BCUT2D eigenvalue weighted by Gasteiger charge is -2.12. The number of hydrogen-bond donors (Lipinski definition) is 3. The van der Waals surface area contributed by atoms with E-state index in [1.807, 2.05) is 36.4 Å². The molecule has 3 aromatic rings. The molecule has 0 aliphatic heterocycles. The Balaban J connectivity index is 1.64. The van der Waals surface area contributed by atoms with Gasteiger partial charge in [-0.25, -0.2) is 0 Å². The van der Waals surface area contributed by atoms with Crippen molar-refractivity contribution in [3.8, 4) is 23.3 Å². The second kappa shape index (κ2) is 10.1. The van der Waals surface area contributed by atoms with Gasteiger partial charge in [0, 0.05) is 29.4 Å². The number of methoxy groups -OCH3 is 2. The third-order valence-electron chi connectivity index (χ3n) is 4.67. The molecule has 0 aliphatic carbocycles. The van der Waals surface area contributed by atoms with E-state index >= 15 is 0 Å². The molecule has 0 radical (unpaired) electrons. The third kappa shape index (κ3) is 5.49. The molecule has 6 heteroatoms. The fraction of sp³-hybridized carbons (Fsp3) is 0.160. The summed E-state index contributed by atoms with van der Waals surface area (Å²) < 4.78 is 10.6. The highest BCUT2D eigenvalue weighted by molar-refractivity contribution is 6.05. The molecule has 0 saturated heterocycles. The first-order chi connectivity index (χ1) is 15.0. The van der Waals surface area contributed by atoms with E-state index in [9.17, 15) is 4.79 Å². The van der Waals surface area contributed by atoms with Crippen LogP contribution < -0.4 is 25.8 Å². The summed E-state index contributed by atoms with van der Waals surface area (Å²) in [6, 6.07) is 18.4. The predicted molar refractivity (Wildman–Crippen MR) is 125 cm³/mol. The molecule has 0 saturated carbocycles. The highest BCUT2D eigenvalue weighted by atomic mass is 16.5. The first-order valence-corrected chi connectivity index (χ1v) is 9.72. The zero-order valence-corrected chi connectivity index (χ0v) is 17.8. The number of nitrogen functional groups attached to an aromatic ring is 1. The quantitative estimate of drug-likeness (QED) is 0.390. The predicted octanol–water partition coefficient (Wildman–Crippen LogP) is 4.52. The van der Waals surface area contributed by atoms with Crippen LogP contribution in [0.5, 0.6) is 11.5 Å². The molecule has 0 spiro atoms. The number of carbonyl (C=O) groups is 1. The summed E-state index contributed by atoms with van der Waals surface area (Å²) in [6.07, 6.45) is 0. The number of benzene rings is 3. The van der Waals surface area contributed by atoms with Crippen LogP contribution in [-0.4, -0.2) is 20.1 Å². The Morgan fingerprint density at radius 3 is 2.39 bits per heavy atom. The van der Waals surface area contributed by atoms with Gasteiger partial charge in [-0.3, -0.25) is 4.79 Å². The molecule has 4 N–H and O–H groups in total. The minimum atomic E-state index is -0.229. The molecule has 6 nitrogen and oxygen atoms in total. The van der Waals surface area contributed by atoms with Crippen molar-refractivity contribution in [3.63, 3.8) is 0 Å². The van der Waals surface area contributed by atoms with Gasteiger partial charge in [0.1, 0.15) is 0 Å². The number of carbonyl (C=O) groups excluding carboxylic acids is 1. The summed E-state index contributed by atoms with van der Waals surface area (Å²) in [5.41, 5.74) is 10.3. The molecule has 158 valence electrons. The normalized spacial score (nSPS) is 9.90. The van der Waals surface area contributed by atoms with E-state index in [0.717, 1.165) is 16.8 Å². The number of rotatable bonds is 7. The lowest BCUT2D eigenvalue weighted by atomic mass is 10.1. The lowest BCUT2D eigenvalue weighted by Crippen LogP contribution is -2.13. The van der Waals surface area contributed by atoms with Gasteiger partial charge in [0.25, 0.3) is 5.91 Å². The number of amides is 1. The average molecular weight is 415 g/mol. The number of anilines is 3. The van der Waals surface area contributed by atoms with Crippen molar-refractivity contribution in [1.82, 2.24) is 0 Å². The van der Waals surface area contributed by atoms with Gasteiger partial charge in [-0.2, -0.15) is 0 Å². The second-order valence-electron chi connectivity index (χ2n) is 6.75. The monoisotopic (exact) mass is 415 g/mol. The molecular weight excluding hydrogens is 390 g/mol. The molecule has 0 heterocycles. The molecule has 0 aromatic heterocycles. The standard InChI is InChI=1S/C25H25N3O3/c1-4-5-17-8-12-21(26)22(14-17)28-25(29)19-9-6-18(7-10-19)16-27-20-11-13-23(30-2)24(15-20)31-3/h6-15,27H,16,26H2,1-3H3,(H,28,29). The van der Waals surface area contributed by atoms with Gasteiger partial charge in [0.2, 0.25) is 0 Å². The van der Waals surface area contributed by atoms with Crippen LogP contribution in [0.15, 0.2) is 60.7 Å². The Morgan fingerprint density at radius 1 is 0.968 bits per heavy atom. The van der Waals surface area contributed by atoms with Crippen molar-refractivity contribution in [2.45, 2.75) is 13.5 Å². The number of ether oxygens (including phenoxy) is 2. The topological polar surface area (TPSA) is 85.6 Å². The fourth-order valence-corrected chi connectivity index (χ4v) is 3.01. The Morgan fingerprint density at radius 2 is 1.71 bits per heavy atom. The van der Waals surface area contributed by atoms with Gasteiger partial charge >= 0.3 is 0 Å². The number of hydrogen-bond acceptors (Lipinski definition) is 5. The maximum Gasteiger partial charge on any atom is 0.255 e. The zero-order chi connectivity index (χ0) is 22.2. The van der Waals surface area contributed by atoms with Gasteiger partial charge in [-0.1, -0.05) is 18.1 Å². The largest absolute Gasteiger partial charge is 0.493 e. The van der Waals surface area contributed by atoms with Gasteiger partial charge in [0.15, 0.2) is 11.5 Å². The van der Waals surface area contributed by atoms with Crippen LogP contribution in [0.4, 0.5) is 17.1 Å². The van der Waals surface area contributed by atoms with Crippen LogP contribution in [0, 0.1) is 11.8 Å². The van der Waals surface area contributed by atoms with E-state index in [1.165, 1.54) is 0 Å². The summed E-state index contributed by atoms with van der Waals surface area (Å²) in [7, 11) is 3.21. The van der Waals surface area contributed by atoms with Crippen molar-refractivity contribution >= 4 is 23.0 Å². The Hall–Kier alpha value is -4.11. The highest BCUT2D eigenvalue weighted by Gasteiger charge is 2.09. The van der Waals surface area contributed by atoms with E-state index in [1.54, 1.807) is 45.4 Å². The minimum Gasteiger partial charge on any atom is -0.493 e. The van der Waals surface area contributed by atoms with Gasteiger partial charge < -0.3 is 25.8 Å². The van der Waals surface area contributed by atoms with E-state index in [-0.39, 0.29) is 5.91 Å². The smallest absolute Gasteiger partial charge is 0.255 e. The van der Waals surface area contributed by atoms with E-state index in [2.05, 4.69) is 22.5 Å². The first kappa shape index (κ1) is 21.6. The van der Waals surface area contributed by atoms with Crippen molar-refractivity contribution < 1.29 is 14.3 Å². The molecule has 3 rings (SSSR count). The third-order valence-corrected chi connectivity index (χ3v) is 4.67. The Labute approximate surface area is 182 Å². The summed E-state index contributed by atoms with van der Waals surface area (Å²) in [6.45, 7) is 2.36. The molecule has 31 heavy (non-hydrogen) atoms. The fourth-order valence-electron chi connectivity index (χ4n) is 3.01. The van der Waals surface area contributed by atoms with Gasteiger partial charge in [-0.15, -0.1) is 5.92 Å². The van der Waals surface area contributed by atoms with Crippen LogP contribution in [0.3, 0.4) is 0 Å². The van der Waals surface area contributed by atoms with Crippen LogP contribution in [0.1, 0.15) is 28.4 Å². The molecule has 0 aliphatic rings. The van der Waals surface area contributed by atoms with Crippen molar-refractivity contribution in [1.29, 1.82) is 0 Å². The summed E-state index contributed by atoms with van der Waals surface area (Å²) in [5, 5.41) is 6.19. The summed E-state index contributed by atoms with van der Waals surface area (Å²) in [5.74, 6) is 6.90. The molecule has 3 aromatic carbocycles. The van der Waals surface area contributed by atoms with Gasteiger partial charge in [-0.05, 0) is 55.0 Å². The minimum absolute atomic E-state index is 0.229. The maximum absolute atomic E-state index is 12.6. The van der Waals surface area contributed by atoms with E-state index in [0.29, 0.717) is 35.0 Å². The number of nitrogens with two attached hydrogens (primary N) is 1. The maximum atomic E-state index is 12.6. The Bertz CT molecular complexity index is 1130. The van der Waals surface area contributed by atoms with Gasteiger partial charge in [0.05, 0.1) is 25.6 Å². The summed E-state index contributed by atoms with van der Waals surface area (Å²) >= 11 is 0. The molecule has 0 bridgehead atoms. The molecule has 0 atom stereocenters. The van der Waals surface area contributed by atoms with Crippen molar-refractivity contribution in [3.05, 3.63) is 77.4 Å². The van der Waals surface area contributed by atoms with Crippen molar-refractivity contribution in [2.75, 3.05) is 30.6 Å². The first-order valence-electron chi connectivity index (χ1n) is 9.72. The second-order valence-corrected chi connectivity index (χ2v) is 6.75. The lowest BCUT2D eigenvalue weighted by molar-refractivity contribution is 0.102. The van der Waals surface area contributed by atoms with Crippen LogP contribution in [-0.2, 0) is 6.54 Å². The zero-order valence-electron chi connectivity index (χ0n) is 17.8. The molecule has 1 amide bonds. The van der Waals surface area contributed by atoms with E-state index < -0.39 is 0 Å². The SMILES string of the molecule is CC#Cc1ccc(N)c(NC(=O)c2ccc(CNc3ccc(OC)c(OC)c3)cc2)c1. The highest BCUT2D eigenvalue weighted by Crippen LogP contribution is 2.30. The van der Waals surface area contributed by atoms with Crippen molar-refractivity contribution in [2.24, 2.45) is 0 Å². The van der Waals surface area contributed by atoms with Crippen LogP contribution >= 0.6 is 0 Å². The molecule has 0 unspecified atom stereocenters. The van der Waals surface area contributed by atoms with Crippen LogP contribution in [0.25, 0.3) is 0 Å².